The zero-order valence-electron chi connectivity index (χ0n) is 13.9. The van der Waals surface area contributed by atoms with Crippen molar-refractivity contribution in [1.29, 1.82) is 0 Å². The Morgan fingerprint density at radius 3 is 2.40 bits per heavy atom. The first-order chi connectivity index (χ1) is 9.39. The van der Waals surface area contributed by atoms with Crippen molar-refractivity contribution in [3.8, 4) is 0 Å². The summed E-state index contributed by atoms with van der Waals surface area (Å²) in [6, 6.07) is 10.2. The molecule has 0 heterocycles. The lowest BCUT2D eigenvalue weighted by atomic mass is 9.70. The van der Waals surface area contributed by atoms with Crippen LogP contribution >= 0.6 is 0 Å². The van der Waals surface area contributed by atoms with Gasteiger partial charge in [0.25, 0.3) is 0 Å². The summed E-state index contributed by atoms with van der Waals surface area (Å²) >= 11 is 0. The number of aryl methyl sites for hydroxylation is 1. The topological polar surface area (TPSA) is 12.0 Å². The Morgan fingerprint density at radius 2 is 1.85 bits per heavy atom. The van der Waals surface area contributed by atoms with E-state index in [0.29, 0.717) is 17.5 Å². The van der Waals surface area contributed by atoms with Gasteiger partial charge in [-0.05, 0) is 55.1 Å². The molecule has 0 aromatic heterocycles. The highest BCUT2D eigenvalue weighted by Crippen LogP contribution is 2.39. The first-order valence-corrected chi connectivity index (χ1v) is 8.24. The summed E-state index contributed by atoms with van der Waals surface area (Å²) in [6.07, 6.45) is 5.11. The number of hydrogen-bond acceptors (Lipinski definition) is 1. The molecule has 1 nitrogen and oxygen atoms in total. The van der Waals surface area contributed by atoms with Gasteiger partial charge in [0.2, 0.25) is 0 Å². The molecule has 20 heavy (non-hydrogen) atoms. The largest absolute Gasteiger partial charge is 0.307 e. The van der Waals surface area contributed by atoms with Crippen LogP contribution in [0.5, 0.6) is 0 Å². The zero-order valence-corrected chi connectivity index (χ0v) is 13.9. The van der Waals surface area contributed by atoms with Crippen LogP contribution in [0.25, 0.3) is 0 Å². The lowest BCUT2D eigenvalue weighted by Gasteiger charge is -2.40. The molecule has 1 heteroatoms. The van der Waals surface area contributed by atoms with E-state index in [1.165, 1.54) is 30.4 Å². The van der Waals surface area contributed by atoms with Crippen molar-refractivity contribution in [2.75, 3.05) is 0 Å². The van der Waals surface area contributed by atoms with E-state index >= 15 is 0 Å². The van der Waals surface area contributed by atoms with Crippen molar-refractivity contribution >= 4 is 0 Å². The second kappa shape index (κ2) is 6.30. The lowest BCUT2D eigenvalue weighted by molar-refractivity contribution is 0.145. The molecular formula is C19H31N. The van der Waals surface area contributed by atoms with E-state index in [0.717, 1.165) is 12.3 Å². The van der Waals surface area contributed by atoms with Gasteiger partial charge < -0.3 is 5.32 Å². The van der Waals surface area contributed by atoms with Gasteiger partial charge in [-0.2, -0.15) is 0 Å². The molecule has 1 aromatic carbocycles. The van der Waals surface area contributed by atoms with Gasteiger partial charge in [-0.3, -0.25) is 0 Å². The van der Waals surface area contributed by atoms with Crippen molar-refractivity contribution in [2.24, 2.45) is 11.3 Å². The number of hydrogen-bond donors (Lipinski definition) is 1. The molecule has 3 unspecified atom stereocenters. The molecule has 0 radical (unpaired) electrons. The molecule has 1 fully saturated rings. The normalized spacial score (nSPS) is 27.2. The first kappa shape index (κ1) is 15.6. The Labute approximate surface area is 125 Å². The maximum Gasteiger partial charge on any atom is 0.0294 e. The van der Waals surface area contributed by atoms with Crippen LogP contribution in [0.1, 0.15) is 71.0 Å². The van der Waals surface area contributed by atoms with E-state index < -0.39 is 0 Å². The predicted octanol–water partition coefficient (Wildman–Crippen LogP) is 5.11. The summed E-state index contributed by atoms with van der Waals surface area (Å²) < 4.78 is 0. The van der Waals surface area contributed by atoms with Crippen LogP contribution in [0.3, 0.4) is 0 Å². The van der Waals surface area contributed by atoms with Gasteiger partial charge in [-0.15, -0.1) is 0 Å². The molecule has 1 aromatic rings. The molecule has 2 rings (SSSR count). The second-order valence-electron chi connectivity index (χ2n) is 7.59. The van der Waals surface area contributed by atoms with Crippen LogP contribution in [-0.4, -0.2) is 6.04 Å². The van der Waals surface area contributed by atoms with Crippen molar-refractivity contribution in [1.82, 2.24) is 5.32 Å². The van der Waals surface area contributed by atoms with Gasteiger partial charge in [-0.1, -0.05) is 52.0 Å². The van der Waals surface area contributed by atoms with Crippen LogP contribution < -0.4 is 5.32 Å². The number of benzene rings is 1. The van der Waals surface area contributed by atoms with Crippen LogP contribution in [0.4, 0.5) is 0 Å². The molecule has 1 aliphatic carbocycles. The minimum absolute atomic E-state index is 0.451. The van der Waals surface area contributed by atoms with E-state index in [-0.39, 0.29) is 0 Å². The standard InChI is InChI=1S/C19H31N/c1-6-16-7-9-17(10-8-16)15(3)20-18-11-14(2)12-19(4,5)13-18/h7-10,14-15,18,20H,6,11-13H2,1-5H3. The molecule has 1 saturated carbocycles. The third-order valence-corrected chi connectivity index (χ3v) is 4.76. The van der Waals surface area contributed by atoms with Gasteiger partial charge in [0.05, 0.1) is 0 Å². The van der Waals surface area contributed by atoms with Crippen molar-refractivity contribution in [3.63, 3.8) is 0 Å². The summed E-state index contributed by atoms with van der Waals surface area (Å²) in [5, 5.41) is 3.86. The van der Waals surface area contributed by atoms with E-state index in [1.54, 1.807) is 0 Å². The summed E-state index contributed by atoms with van der Waals surface area (Å²) in [7, 11) is 0. The van der Waals surface area contributed by atoms with Gasteiger partial charge >= 0.3 is 0 Å². The molecule has 1 N–H and O–H groups in total. The van der Waals surface area contributed by atoms with Crippen molar-refractivity contribution in [3.05, 3.63) is 35.4 Å². The first-order valence-electron chi connectivity index (χ1n) is 8.24. The average molecular weight is 273 g/mol. The SMILES string of the molecule is CCc1ccc(C(C)NC2CC(C)CC(C)(C)C2)cc1. The number of nitrogens with one attached hydrogen (secondary N) is 1. The molecule has 0 aliphatic heterocycles. The van der Waals surface area contributed by atoms with Crippen LogP contribution in [0.2, 0.25) is 0 Å². The van der Waals surface area contributed by atoms with E-state index in [1.807, 2.05) is 0 Å². The molecule has 3 atom stereocenters. The van der Waals surface area contributed by atoms with Crippen LogP contribution in [0, 0.1) is 11.3 Å². The fourth-order valence-corrected chi connectivity index (χ4v) is 3.96. The third-order valence-electron chi connectivity index (χ3n) is 4.76. The summed E-state index contributed by atoms with van der Waals surface area (Å²) in [5.41, 5.74) is 3.33. The molecule has 112 valence electrons. The lowest BCUT2D eigenvalue weighted by Crippen LogP contribution is -2.41. The molecular weight excluding hydrogens is 242 g/mol. The minimum Gasteiger partial charge on any atom is -0.307 e. The Balaban J connectivity index is 1.97. The summed E-state index contributed by atoms with van der Waals surface area (Å²) in [5.74, 6) is 0.839. The average Bonchev–Trinajstić information content (AvgIpc) is 2.36. The Morgan fingerprint density at radius 1 is 1.20 bits per heavy atom. The fourth-order valence-electron chi connectivity index (χ4n) is 3.96. The molecule has 0 amide bonds. The molecule has 0 spiro atoms. The molecule has 0 saturated heterocycles. The van der Waals surface area contributed by atoms with Crippen molar-refractivity contribution in [2.45, 2.75) is 72.4 Å². The fraction of sp³-hybridized carbons (Fsp3) is 0.684. The Hall–Kier alpha value is -0.820. The minimum atomic E-state index is 0.451. The number of rotatable bonds is 4. The van der Waals surface area contributed by atoms with Gasteiger partial charge in [0, 0.05) is 12.1 Å². The quantitative estimate of drug-likeness (QED) is 0.803. The second-order valence-corrected chi connectivity index (χ2v) is 7.59. The van der Waals surface area contributed by atoms with Crippen LogP contribution in [-0.2, 0) is 6.42 Å². The highest BCUT2D eigenvalue weighted by atomic mass is 14.9. The van der Waals surface area contributed by atoms with Crippen LogP contribution in [0.15, 0.2) is 24.3 Å². The highest BCUT2D eigenvalue weighted by molar-refractivity contribution is 5.24. The Kier molecular flexibility index (Phi) is 4.90. The third kappa shape index (κ3) is 4.09. The summed E-state index contributed by atoms with van der Waals surface area (Å²) in [4.78, 5) is 0. The molecule has 1 aliphatic rings. The van der Waals surface area contributed by atoms with Gasteiger partial charge in [-0.25, -0.2) is 0 Å². The van der Waals surface area contributed by atoms with E-state index in [9.17, 15) is 0 Å². The highest BCUT2D eigenvalue weighted by Gasteiger charge is 2.32. The predicted molar refractivity (Wildman–Crippen MR) is 88.0 cm³/mol. The Bertz CT molecular complexity index is 418. The van der Waals surface area contributed by atoms with E-state index in [2.05, 4.69) is 64.2 Å². The van der Waals surface area contributed by atoms with Crippen molar-refractivity contribution < 1.29 is 0 Å². The smallest absolute Gasteiger partial charge is 0.0294 e. The maximum absolute atomic E-state index is 3.86. The zero-order chi connectivity index (χ0) is 14.8. The van der Waals surface area contributed by atoms with Gasteiger partial charge in [0.15, 0.2) is 0 Å². The maximum atomic E-state index is 3.86. The molecule has 0 bridgehead atoms. The van der Waals surface area contributed by atoms with Gasteiger partial charge in [0.1, 0.15) is 0 Å². The monoisotopic (exact) mass is 273 g/mol. The van der Waals surface area contributed by atoms with E-state index in [4.69, 9.17) is 0 Å². The summed E-state index contributed by atoms with van der Waals surface area (Å²) in [6.45, 7) is 11.7.